The number of methoxy groups -OCH3 is 3. The van der Waals surface area contributed by atoms with Crippen LogP contribution in [0.4, 0.5) is 0 Å². The molecule has 1 aliphatic heterocycles. The molecule has 1 aromatic heterocycles. The minimum atomic E-state index is -0.671. The molecule has 1 atom stereocenters. The van der Waals surface area contributed by atoms with E-state index in [0.717, 1.165) is 37.9 Å². The van der Waals surface area contributed by atoms with Crippen molar-refractivity contribution in [3.63, 3.8) is 0 Å². The second-order valence-corrected chi connectivity index (χ2v) is 8.80. The van der Waals surface area contributed by atoms with E-state index in [4.69, 9.17) is 19.2 Å². The predicted octanol–water partition coefficient (Wildman–Crippen LogP) is 3.56. The van der Waals surface area contributed by atoms with Crippen LogP contribution in [0.2, 0.25) is 0 Å². The highest BCUT2D eigenvalue weighted by Crippen LogP contribution is 2.31. The molecule has 190 valence electrons. The van der Waals surface area contributed by atoms with Gasteiger partial charge < -0.3 is 19.5 Å². The first-order valence-corrected chi connectivity index (χ1v) is 12.1. The van der Waals surface area contributed by atoms with E-state index in [1.54, 1.807) is 41.0 Å². The molecule has 1 aliphatic rings. The van der Waals surface area contributed by atoms with E-state index in [9.17, 15) is 14.4 Å². The Morgan fingerprint density at radius 3 is 2.53 bits per heavy atom. The maximum Gasteiger partial charge on any atom is 0.307 e. The van der Waals surface area contributed by atoms with Crippen molar-refractivity contribution in [3.8, 4) is 11.5 Å². The number of rotatable bonds is 7. The smallest absolute Gasteiger partial charge is 0.307 e. The van der Waals surface area contributed by atoms with Gasteiger partial charge in [0.15, 0.2) is 11.5 Å². The molecule has 9 nitrogen and oxygen atoms in total. The SMILES string of the molecule is COC(=O)CC(NC(=O)c1ccc2c(=O)n3c(nc2c1)CCCCCC3)c1ccc(OC)c(OC)c1. The second-order valence-electron chi connectivity index (χ2n) is 8.80. The summed E-state index contributed by atoms with van der Waals surface area (Å²) in [6.07, 6.45) is 4.83. The Morgan fingerprint density at radius 2 is 1.78 bits per heavy atom. The minimum Gasteiger partial charge on any atom is -0.493 e. The van der Waals surface area contributed by atoms with Gasteiger partial charge in [-0.3, -0.25) is 19.0 Å². The van der Waals surface area contributed by atoms with Crippen LogP contribution < -0.4 is 20.3 Å². The van der Waals surface area contributed by atoms with Gasteiger partial charge in [0.05, 0.1) is 44.7 Å². The zero-order chi connectivity index (χ0) is 25.7. The minimum absolute atomic E-state index is 0.0710. The first kappa shape index (κ1) is 25.2. The van der Waals surface area contributed by atoms with Crippen molar-refractivity contribution >= 4 is 22.8 Å². The van der Waals surface area contributed by atoms with Crippen molar-refractivity contribution in [1.29, 1.82) is 0 Å². The van der Waals surface area contributed by atoms with Gasteiger partial charge >= 0.3 is 5.97 Å². The molecule has 3 aromatic rings. The fourth-order valence-electron chi connectivity index (χ4n) is 4.55. The third kappa shape index (κ3) is 5.35. The highest BCUT2D eigenvalue weighted by atomic mass is 16.5. The molecule has 0 aliphatic carbocycles. The molecule has 0 saturated heterocycles. The van der Waals surface area contributed by atoms with Crippen LogP contribution >= 0.6 is 0 Å². The molecular weight excluding hydrogens is 462 g/mol. The van der Waals surface area contributed by atoms with Crippen molar-refractivity contribution < 1.29 is 23.8 Å². The van der Waals surface area contributed by atoms with E-state index in [1.807, 2.05) is 0 Å². The van der Waals surface area contributed by atoms with Crippen LogP contribution in [0.5, 0.6) is 11.5 Å². The zero-order valence-electron chi connectivity index (χ0n) is 20.8. The standard InChI is InChI=1S/C27H31N3O6/c1-34-22-12-10-17(15-23(22)35-2)20(16-25(31)36-3)29-26(32)18-9-11-19-21(14-18)28-24-8-6-4-5-7-13-30(24)27(19)33/h9-12,14-15,20H,4-8,13,16H2,1-3H3,(H,29,32). The summed E-state index contributed by atoms with van der Waals surface area (Å²) < 4.78 is 17.3. The Labute approximate surface area is 209 Å². The Morgan fingerprint density at radius 1 is 1.00 bits per heavy atom. The van der Waals surface area contributed by atoms with Gasteiger partial charge in [0.1, 0.15) is 5.82 Å². The van der Waals surface area contributed by atoms with E-state index >= 15 is 0 Å². The van der Waals surface area contributed by atoms with E-state index in [2.05, 4.69) is 5.32 Å². The van der Waals surface area contributed by atoms with Gasteiger partial charge in [-0.25, -0.2) is 4.98 Å². The molecule has 36 heavy (non-hydrogen) atoms. The topological polar surface area (TPSA) is 109 Å². The van der Waals surface area contributed by atoms with Crippen LogP contribution in [0.15, 0.2) is 41.2 Å². The molecule has 0 radical (unpaired) electrons. The van der Waals surface area contributed by atoms with Gasteiger partial charge in [0.2, 0.25) is 0 Å². The summed E-state index contributed by atoms with van der Waals surface area (Å²) in [4.78, 5) is 43.2. The number of ether oxygens (including phenoxy) is 3. The number of fused-ring (bicyclic) bond motifs is 2. The average Bonchev–Trinajstić information content (AvgIpc) is 2.88. The maximum absolute atomic E-state index is 13.3. The number of amides is 1. The van der Waals surface area contributed by atoms with Gasteiger partial charge in [0, 0.05) is 18.5 Å². The average molecular weight is 494 g/mol. The molecule has 2 heterocycles. The van der Waals surface area contributed by atoms with E-state index < -0.39 is 17.9 Å². The van der Waals surface area contributed by atoms with Crippen molar-refractivity contribution in [2.24, 2.45) is 0 Å². The molecule has 1 amide bonds. The van der Waals surface area contributed by atoms with Crippen LogP contribution in [-0.2, 0) is 22.5 Å². The molecule has 4 rings (SSSR count). The fraction of sp³-hybridized carbons (Fsp3) is 0.407. The number of aryl methyl sites for hydroxylation is 1. The number of hydrogen-bond donors (Lipinski definition) is 1. The summed E-state index contributed by atoms with van der Waals surface area (Å²) in [5.41, 5.74) is 1.43. The second kappa shape index (κ2) is 11.2. The summed E-state index contributed by atoms with van der Waals surface area (Å²) in [7, 11) is 4.35. The van der Waals surface area contributed by atoms with Crippen molar-refractivity contribution in [1.82, 2.24) is 14.9 Å². The molecule has 0 saturated carbocycles. The normalized spacial score (nSPS) is 14.2. The first-order chi connectivity index (χ1) is 17.4. The third-order valence-electron chi connectivity index (χ3n) is 6.54. The molecular formula is C27H31N3O6. The van der Waals surface area contributed by atoms with Crippen LogP contribution in [0, 0.1) is 0 Å². The summed E-state index contributed by atoms with van der Waals surface area (Å²) in [5, 5.41) is 3.40. The zero-order valence-corrected chi connectivity index (χ0v) is 20.8. The summed E-state index contributed by atoms with van der Waals surface area (Å²) in [5.74, 6) is 0.909. The Balaban J connectivity index is 1.66. The first-order valence-electron chi connectivity index (χ1n) is 12.1. The molecule has 1 unspecified atom stereocenters. The summed E-state index contributed by atoms with van der Waals surface area (Å²) in [6.45, 7) is 0.667. The lowest BCUT2D eigenvalue weighted by molar-refractivity contribution is -0.141. The number of benzene rings is 2. The Bertz CT molecular complexity index is 1330. The lowest BCUT2D eigenvalue weighted by Crippen LogP contribution is -2.31. The van der Waals surface area contributed by atoms with E-state index in [-0.39, 0.29) is 12.0 Å². The van der Waals surface area contributed by atoms with E-state index in [0.29, 0.717) is 40.1 Å². The fourth-order valence-corrected chi connectivity index (χ4v) is 4.55. The Kier molecular flexibility index (Phi) is 7.87. The largest absolute Gasteiger partial charge is 0.493 e. The Hall–Kier alpha value is -3.88. The quantitative estimate of drug-likeness (QED) is 0.501. The van der Waals surface area contributed by atoms with Crippen molar-refractivity contribution in [2.45, 2.75) is 51.1 Å². The van der Waals surface area contributed by atoms with Crippen molar-refractivity contribution in [2.75, 3.05) is 21.3 Å². The number of hydrogen-bond acceptors (Lipinski definition) is 7. The number of carbonyl (C=O) groups excluding carboxylic acids is 2. The number of aromatic nitrogens is 2. The van der Waals surface area contributed by atoms with Crippen LogP contribution in [0.1, 0.15) is 59.9 Å². The number of nitrogens with zero attached hydrogens (tertiary/aromatic N) is 2. The highest BCUT2D eigenvalue weighted by molar-refractivity contribution is 5.98. The van der Waals surface area contributed by atoms with Gasteiger partial charge in [-0.2, -0.15) is 0 Å². The molecule has 0 bridgehead atoms. The molecule has 1 N–H and O–H groups in total. The van der Waals surface area contributed by atoms with Crippen LogP contribution in [0.25, 0.3) is 10.9 Å². The van der Waals surface area contributed by atoms with Gasteiger partial charge in [-0.05, 0) is 48.7 Å². The van der Waals surface area contributed by atoms with Gasteiger partial charge in [-0.15, -0.1) is 0 Å². The highest BCUT2D eigenvalue weighted by Gasteiger charge is 2.22. The lowest BCUT2D eigenvalue weighted by atomic mass is 10.0. The summed E-state index contributed by atoms with van der Waals surface area (Å²) in [6, 6.07) is 9.41. The van der Waals surface area contributed by atoms with Crippen LogP contribution in [-0.4, -0.2) is 42.8 Å². The lowest BCUT2D eigenvalue weighted by Gasteiger charge is -2.20. The third-order valence-corrected chi connectivity index (χ3v) is 6.54. The molecule has 0 spiro atoms. The maximum atomic E-state index is 13.3. The molecule has 9 heteroatoms. The molecule has 2 aromatic carbocycles. The number of nitrogens with one attached hydrogen (secondary N) is 1. The van der Waals surface area contributed by atoms with Crippen molar-refractivity contribution in [3.05, 3.63) is 63.7 Å². The van der Waals surface area contributed by atoms with E-state index in [1.165, 1.54) is 21.3 Å². The summed E-state index contributed by atoms with van der Waals surface area (Å²) >= 11 is 0. The predicted molar refractivity (Wildman–Crippen MR) is 135 cm³/mol. The number of esters is 1. The monoisotopic (exact) mass is 493 g/mol. The van der Waals surface area contributed by atoms with Gasteiger partial charge in [0.25, 0.3) is 11.5 Å². The number of carbonyl (C=O) groups is 2. The molecule has 0 fully saturated rings. The van der Waals surface area contributed by atoms with Crippen LogP contribution in [0.3, 0.4) is 0 Å². The van der Waals surface area contributed by atoms with Gasteiger partial charge in [-0.1, -0.05) is 18.9 Å².